The maximum absolute atomic E-state index is 12.8. The van der Waals surface area contributed by atoms with Gasteiger partial charge in [0, 0.05) is 45.0 Å². The third kappa shape index (κ3) is 13.5. The Labute approximate surface area is 195 Å². The first-order chi connectivity index (χ1) is 15.4. The van der Waals surface area contributed by atoms with E-state index in [1.54, 1.807) is 11.0 Å². The van der Waals surface area contributed by atoms with E-state index >= 15 is 0 Å². The number of nitrogens with zero attached hydrogens (tertiary/aromatic N) is 2. The van der Waals surface area contributed by atoms with Crippen LogP contribution in [0.4, 0.5) is 0 Å². The minimum absolute atomic E-state index is 0.0500. The van der Waals surface area contributed by atoms with Crippen LogP contribution >= 0.6 is 0 Å². The first-order valence-electron chi connectivity index (χ1n) is 10.8. The van der Waals surface area contributed by atoms with Crippen molar-refractivity contribution in [3.8, 4) is 5.75 Å². The molecule has 1 fully saturated rings. The van der Waals surface area contributed by atoms with Crippen molar-refractivity contribution in [2.45, 2.75) is 39.7 Å². The van der Waals surface area contributed by atoms with E-state index in [9.17, 15) is 9.90 Å². The molecular weight excluding hydrogens is 430 g/mol. The molecule has 0 unspecified atom stereocenters. The standard InChI is InChI=1S/C19H31N3O3.2C2H4O2/c1-14-5-6-15(11-18(14)25-10-4-8-20)19(24)22-9-7-16(12-21(2)3)17(23)13-22;2*1-2(3)4/h5-6,11,16-17,23H,4,7-10,12-13,20H2,1-3H3;2*1H3,(H,3,4)/t16-,17+;;/m0../s1. The molecule has 1 amide bonds. The number of hydrogen-bond acceptors (Lipinski definition) is 7. The quantitative estimate of drug-likeness (QED) is 0.432. The Kier molecular flexibility index (Phi) is 14.7. The molecule has 10 nitrogen and oxygen atoms in total. The zero-order chi connectivity index (χ0) is 25.6. The minimum Gasteiger partial charge on any atom is -0.493 e. The summed E-state index contributed by atoms with van der Waals surface area (Å²) in [5.41, 5.74) is 7.09. The Morgan fingerprint density at radius 3 is 2.24 bits per heavy atom. The van der Waals surface area contributed by atoms with Crippen LogP contribution < -0.4 is 10.5 Å². The fourth-order valence-corrected chi connectivity index (χ4v) is 3.18. The number of benzene rings is 1. The molecule has 1 aromatic carbocycles. The molecule has 1 saturated heterocycles. The average Bonchev–Trinajstić information content (AvgIpc) is 2.69. The lowest BCUT2D eigenvalue weighted by molar-refractivity contribution is -0.135. The van der Waals surface area contributed by atoms with Gasteiger partial charge in [0.05, 0.1) is 12.7 Å². The first-order valence-corrected chi connectivity index (χ1v) is 10.8. The largest absolute Gasteiger partial charge is 0.493 e. The van der Waals surface area contributed by atoms with Gasteiger partial charge in [0.1, 0.15) is 5.75 Å². The van der Waals surface area contributed by atoms with E-state index in [0.717, 1.165) is 44.5 Å². The predicted molar refractivity (Wildman–Crippen MR) is 126 cm³/mol. The predicted octanol–water partition coefficient (Wildman–Crippen LogP) is 1.29. The van der Waals surface area contributed by atoms with Gasteiger partial charge in [-0.3, -0.25) is 14.4 Å². The third-order valence-electron chi connectivity index (χ3n) is 4.65. The van der Waals surface area contributed by atoms with E-state index in [-0.39, 0.29) is 11.8 Å². The van der Waals surface area contributed by atoms with Crippen molar-refractivity contribution in [1.82, 2.24) is 9.80 Å². The summed E-state index contributed by atoms with van der Waals surface area (Å²) >= 11 is 0. The summed E-state index contributed by atoms with van der Waals surface area (Å²) in [6.45, 7) is 7.15. The number of aryl methyl sites for hydroxylation is 1. The zero-order valence-corrected chi connectivity index (χ0v) is 20.3. The second-order valence-corrected chi connectivity index (χ2v) is 8.14. The van der Waals surface area contributed by atoms with Crippen LogP contribution in [0.1, 0.15) is 42.6 Å². The van der Waals surface area contributed by atoms with E-state index in [1.165, 1.54) is 0 Å². The molecule has 0 aliphatic carbocycles. The number of aliphatic carboxylic acids is 2. The maximum Gasteiger partial charge on any atom is 0.300 e. The number of carbonyl (C=O) groups is 3. The number of carbonyl (C=O) groups excluding carboxylic acids is 1. The highest BCUT2D eigenvalue weighted by molar-refractivity contribution is 5.94. The summed E-state index contributed by atoms with van der Waals surface area (Å²) in [7, 11) is 4.01. The molecule has 0 bridgehead atoms. The number of aliphatic hydroxyl groups excluding tert-OH is 1. The van der Waals surface area contributed by atoms with Gasteiger partial charge in [-0.15, -0.1) is 0 Å². The Hall–Kier alpha value is -2.69. The van der Waals surface area contributed by atoms with Crippen molar-refractivity contribution in [3.63, 3.8) is 0 Å². The van der Waals surface area contributed by atoms with E-state index in [2.05, 4.69) is 4.90 Å². The highest BCUT2D eigenvalue weighted by Gasteiger charge is 2.31. The Bertz CT molecular complexity index is 736. The van der Waals surface area contributed by atoms with Crippen molar-refractivity contribution < 1.29 is 34.4 Å². The maximum atomic E-state index is 12.8. The molecule has 0 spiro atoms. The summed E-state index contributed by atoms with van der Waals surface area (Å²) in [6.07, 6.45) is 1.12. The summed E-state index contributed by atoms with van der Waals surface area (Å²) in [6, 6.07) is 5.53. The Balaban J connectivity index is 0.00000111. The van der Waals surface area contributed by atoms with Gasteiger partial charge >= 0.3 is 0 Å². The number of rotatable bonds is 7. The van der Waals surface area contributed by atoms with Crippen LogP contribution in [-0.4, -0.2) is 96.0 Å². The number of carboxylic acids is 2. The zero-order valence-electron chi connectivity index (χ0n) is 20.3. The van der Waals surface area contributed by atoms with E-state index in [1.807, 2.05) is 33.2 Å². The van der Waals surface area contributed by atoms with Gasteiger partial charge in [0.25, 0.3) is 17.8 Å². The van der Waals surface area contributed by atoms with Crippen LogP contribution in [0.3, 0.4) is 0 Å². The van der Waals surface area contributed by atoms with Crippen LogP contribution in [0.25, 0.3) is 0 Å². The van der Waals surface area contributed by atoms with Crippen molar-refractivity contribution >= 4 is 17.8 Å². The first kappa shape index (κ1) is 30.3. The normalized spacial score (nSPS) is 17.3. The van der Waals surface area contributed by atoms with E-state index in [4.69, 9.17) is 30.3 Å². The lowest BCUT2D eigenvalue weighted by Crippen LogP contribution is -2.49. The number of β-amino-alcohol motifs (C(OH)–C–C–N with tert-alkyl or cyclic N) is 1. The molecule has 5 N–H and O–H groups in total. The van der Waals surface area contributed by atoms with Gasteiger partial charge < -0.3 is 35.6 Å². The van der Waals surface area contributed by atoms with Crippen molar-refractivity contribution in [1.29, 1.82) is 0 Å². The number of carboxylic acid groups (broad SMARTS) is 2. The molecule has 10 heteroatoms. The van der Waals surface area contributed by atoms with E-state index in [0.29, 0.717) is 31.8 Å². The number of piperidine rings is 1. The molecule has 1 aromatic rings. The number of likely N-dealkylation sites (tertiary alicyclic amines) is 1. The lowest BCUT2D eigenvalue weighted by Gasteiger charge is -2.37. The lowest BCUT2D eigenvalue weighted by atomic mass is 9.93. The van der Waals surface area contributed by atoms with Crippen molar-refractivity contribution in [3.05, 3.63) is 29.3 Å². The second kappa shape index (κ2) is 16.0. The summed E-state index contributed by atoms with van der Waals surface area (Å²) in [5, 5.41) is 25.2. The monoisotopic (exact) mass is 469 g/mol. The molecule has 1 aliphatic rings. The van der Waals surface area contributed by atoms with Gasteiger partial charge in [-0.25, -0.2) is 0 Å². The topological polar surface area (TPSA) is 154 Å². The molecule has 0 saturated carbocycles. The van der Waals surface area contributed by atoms with Gasteiger partial charge in [-0.1, -0.05) is 6.07 Å². The smallest absolute Gasteiger partial charge is 0.300 e. The SMILES string of the molecule is CC(=O)O.CC(=O)O.Cc1ccc(C(=O)N2CC[C@@H](CN(C)C)[C@H](O)C2)cc1OCCCN. The highest BCUT2D eigenvalue weighted by atomic mass is 16.5. The number of hydrogen-bond donors (Lipinski definition) is 4. The fourth-order valence-electron chi connectivity index (χ4n) is 3.18. The molecule has 188 valence electrons. The van der Waals surface area contributed by atoms with Gasteiger partial charge in [-0.2, -0.15) is 0 Å². The van der Waals surface area contributed by atoms with Crippen LogP contribution in [0, 0.1) is 12.8 Å². The molecule has 2 rings (SSSR count). The fraction of sp³-hybridized carbons (Fsp3) is 0.609. The molecular formula is C23H39N3O7. The van der Waals surface area contributed by atoms with Crippen LogP contribution in [0.5, 0.6) is 5.75 Å². The highest BCUT2D eigenvalue weighted by Crippen LogP contribution is 2.24. The Morgan fingerprint density at radius 2 is 1.76 bits per heavy atom. The second-order valence-electron chi connectivity index (χ2n) is 8.14. The van der Waals surface area contributed by atoms with Crippen LogP contribution in [0.15, 0.2) is 18.2 Å². The summed E-state index contributed by atoms with van der Waals surface area (Å²) in [4.78, 5) is 34.6. The molecule has 0 aromatic heterocycles. The van der Waals surface area contributed by atoms with Gasteiger partial charge in [-0.05, 0) is 58.1 Å². The summed E-state index contributed by atoms with van der Waals surface area (Å²) in [5.74, 6) is -0.777. The Morgan fingerprint density at radius 1 is 1.18 bits per heavy atom. The molecule has 1 aliphatic heterocycles. The van der Waals surface area contributed by atoms with Gasteiger partial charge in [0.15, 0.2) is 0 Å². The number of nitrogens with two attached hydrogens (primary N) is 1. The third-order valence-corrected chi connectivity index (χ3v) is 4.65. The number of amides is 1. The number of aliphatic hydroxyl groups is 1. The molecule has 33 heavy (non-hydrogen) atoms. The van der Waals surface area contributed by atoms with Gasteiger partial charge in [0.2, 0.25) is 0 Å². The van der Waals surface area contributed by atoms with E-state index < -0.39 is 18.0 Å². The number of ether oxygens (including phenoxy) is 1. The van der Waals surface area contributed by atoms with Crippen LogP contribution in [0.2, 0.25) is 0 Å². The van der Waals surface area contributed by atoms with Crippen LogP contribution in [-0.2, 0) is 9.59 Å². The molecule has 2 atom stereocenters. The van der Waals surface area contributed by atoms with Crippen molar-refractivity contribution in [2.75, 3.05) is 46.9 Å². The molecule has 0 radical (unpaired) electrons. The summed E-state index contributed by atoms with van der Waals surface area (Å²) < 4.78 is 5.73. The minimum atomic E-state index is -0.833. The van der Waals surface area contributed by atoms with Crippen molar-refractivity contribution in [2.24, 2.45) is 11.7 Å². The average molecular weight is 470 g/mol. The molecule has 1 heterocycles.